The van der Waals surface area contributed by atoms with E-state index in [0.29, 0.717) is 41.5 Å². The van der Waals surface area contributed by atoms with Crippen molar-refractivity contribution in [1.82, 2.24) is 24.8 Å². The number of hydrogen-bond acceptors (Lipinski definition) is 5. The predicted molar refractivity (Wildman–Crippen MR) is 151 cm³/mol. The molecule has 1 aliphatic heterocycles. The molecule has 2 amide bonds. The standard InChI is InChI=1S/C32H32FN5O3/c1-18-22-5-3-2-4-19(22)10-12-37(18)32(41)28-16-29(20-6-7-20)38-30(35-28)17-27(36-38)23-9-8-21(14-26(23)33)24-15-25(24)31(40)34-11-13-39/h2-5,8-9,14,16-18,20,24-25,39H,6-7,10-13,15H2,1H3,(H,34,40)/t18-,24-,25+/m1/s1. The molecule has 0 radical (unpaired) electrons. The fourth-order valence-corrected chi connectivity index (χ4v) is 6.24. The molecule has 7 rings (SSSR count). The average Bonchev–Trinajstić information content (AvgIpc) is 3.92. The molecule has 8 nitrogen and oxygen atoms in total. The molecule has 2 aromatic carbocycles. The van der Waals surface area contributed by atoms with Gasteiger partial charge in [-0.05, 0) is 73.4 Å². The van der Waals surface area contributed by atoms with Crippen LogP contribution in [0.2, 0.25) is 0 Å². The lowest BCUT2D eigenvalue weighted by Crippen LogP contribution is -2.39. The Hall–Kier alpha value is -4.11. The second kappa shape index (κ2) is 10.1. The van der Waals surface area contributed by atoms with E-state index in [4.69, 9.17) is 15.2 Å². The lowest BCUT2D eigenvalue weighted by atomic mass is 9.93. The summed E-state index contributed by atoms with van der Waals surface area (Å²) in [5.41, 5.74) is 5.91. The molecule has 9 heteroatoms. The van der Waals surface area contributed by atoms with Crippen LogP contribution in [0.1, 0.15) is 76.9 Å². The van der Waals surface area contributed by atoms with Gasteiger partial charge in [-0.1, -0.05) is 30.3 Å². The molecule has 0 spiro atoms. The summed E-state index contributed by atoms with van der Waals surface area (Å²) in [6.07, 6.45) is 3.52. The largest absolute Gasteiger partial charge is 0.395 e. The minimum Gasteiger partial charge on any atom is -0.395 e. The number of aliphatic hydroxyl groups is 1. The highest BCUT2D eigenvalue weighted by atomic mass is 19.1. The Morgan fingerprint density at radius 3 is 2.73 bits per heavy atom. The summed E-state index contributed by atoms with van der Waals surface area (Å²) >= 11 is 0. The topological polar surface area (TPSA) is 99.8 Å². The molecule has 0 unspecified atom stereocenters. The van der Waals surface area contributed by atoms with Crippen molar-refractivity contribution in [2.75, 3.05) is 19.7 Å². The SMILES string of the molecule is C[C@@H]1c2ccccc2CCN1C(=O)c1cc(C2CC2)n2nc(-c3ccc([C@H]4C[C@@H]4C(=O)NCCO)cc3F)cc2n1. The fraction of sp³-hybridized carbons (Fsp3) is 0.375. The number of carbonyl (C=O) groups is 2. The molecule has 2 N–H and O–H groups in total. The molecule has 0 bridgehead atoms. The number of amides is 2. The first-order valence-electron chi connectivity index (χ1n) is 14.4. The third-order valence-electron chi connectivity index (χ3n) is 8.76. The van der Waals surface area contributed by atoms with Gasteiger partial charge < -0.3 is 15.3 Å². The zero-order valence-corrected chi connectivity index (χ0v) is 22.9. The Morgan fingerprint density at radius 1 is 1.12 bits per heavy atom. The highest BCUT2D eigenvalue weighted by molar-refractivity contribution is 5.93. The number of aromatic nitrogens is 3. The normalized spacial score (nSPS) is 21.5. The van der Waals surface area contributed by atoms with Gasteiger partial charge in [0.2, 0.25) is 5.91 Å². The first kappa shape index (κ1) is 25.8. The third-order valence-corrected chi connectivity index (χ3v) is 8.76. The lowest BCUT2D eigenvalue weighted by Gasteiger charge is -2.35. The van der Waals surface area contributed by atoms with Crippen LogP contribution in [-0.4, -0.2) is 56.1 Å². The van der Waals surface area contributed by atoms with Crippen molar-refractivity contribution in [3.8, 4) is 11.3 Å². The van der Waals surface area contributed by atoms with E-state index in [2.05, 4.69) is 24.4 Å². The van der Waals surface area contributed by atoms with E-state index in [1.54, 1.807) is 16.6 Å². The van der Waals surface area contributed by atoms with Crippen molar-refractivity contribution in [3.63, 3.8) is 0 Å². The van der Waals surface area contributed by atoms with Gasteiger partial charge in [-0.2, -0.15) is 5.10 Å². The van der Waals surface area contributed by atoms with Crippen LogP contribution < -0.4 is 5.32 Å². The van der Waals surface area contributed by atoms with Crippen molar-refractivity contribution in [2.24, 2.45) is 5.92 Å². The van der Waals surface area contributed by atoms with Gasteiger partial charge in [0, 0.05) is 42.2 Å². The zero-order chi connectivity index (χ0) is 28.2. The summed E-state index contributed by atoms with van der Waals surface area (Å²) in [5, 5.41) is 16.4. The van der Waals surface area contributed by atoms with Gasteiger partial charge in [0.1, 0.15) is 11.5 Å². The zero-order valence-electron chi connectivity index (χ0n) is 22.9. The molecule has 41 heavy (non-hydrogen) atoms. The van der Waals surface area contributed by atoms with Crippen LogP contribution >= 0.6 is 0 Å². The first-order valence-corrected chi connectivity index (χ1v) is 14.4. The van der Waals surface area contributed by atoms with Gasteiger partial charge in [0.25, 0.3) is 5.91 Å². The molecule has 3 aliphatic rings. The average molecular weight is 554 g/mol. The Labute approximate surface area is 237 Å². The minimum atomic E-state index is -0.405. The van der Waals surface area contributed by atoms with Crippen molar-refractivity contribution in [3.05, 3.63) is 88.5 Å². The quantitative estimate of drug-likeness (QED) is 0.354. The van der Waals surface area contributed by atoms with Crippen LogP contribution in [0.15, 0.2) is 54.6 Å². The molecule has 3 atom stereocenters. The summed E-state index contributed by atoms with van der Waals surface area (Å²) < 4.78 is 17.2. The first-order chi connectivity index (χ1) is 19.9. The summed E-state index contributed by atoms with van der Waals surface area (Å²) in [6, 6.07) is 16.9. The maximum atomic E-state index is 15.4. The van der Waals surface area contributed by atoms with Gasteiger partial charge >= 0.3 is 0 Å². The Bertz CT molecular complexity index is 1680. The van der Waals surface area contributed by atoms with Crippen LogP contribution in [0.3, 0.4) is 0 Å². The van der Waals surface area contributed by atoms with Gasteiger partial charge in [-0.15, -0.1) is 0 Å². The number of nitrogens with zero attached hydrogens (tertiary/aromatic N) is 4. The summed E-state index contributed by atoms with van der Waals surface area (Å²) in [5.74, 6) is -0.538. The van der Waals surface area contributed by atoms with Crippen LogP contribution in [0.5, 0.6) is 0 Å². The smallest absolute Gasteiger partial charge is 0.273 e. The second-order valence-electron chi connectivity index (χ2n) is 11.5. The van der Waals surface area contributed by atoms with Crippen LogP contribution in [-0.2, 0) is 11.2 Å². The Balaban J connectivity index is 1.17. The number of fused-ring (bicyclic) bond motifs is 2. The number of nitrogens with one attached hydrogen (secondary N) is 1. The number of benzene rings is 2. The second-order valence-corrected chi connectivity index (χ2v) is 11.5. The van der Waals surface area contributed by atoms with Crippen molar-refractivity contribution in [2.45, 2.75) is 50.5 Å². The minimum absolute atomic E-state index is 0.0286. The molecule has 2 saturated carbocycles. The number of rotatable bonds is 7. The van der Waals surface area contributed by atoms with E-state index >= 15 is 4.39 Å². The molecule has 2 aromatic heterocycles. The van der Waals surface area contributed by atoms with Crippen molar-refractivity contribution < 1.29 is 19.1 Å². The van der Waals surface area contributed by atoms with Crippen molar-refractivity contribution >= 4 is 17.5 Å². The van der Waals surface area contributed by atoms with Crippen LogP contribution in [0, 0.1) is 11.7 Å². The number of hydrogen-bond donors (Lipinski definition) is 2. The molecular weight excluding hydrogens is 521 g/mol. The summed E-state index contributed by atoms with van der Waals surface area (Å²) in [6.45, 7) is 2.81. The lowest BCUT2D eigenvalue weighted by molar-refractivity contribution is -0.122. The van der Waals surface area contributed by atoms with E-state index in [1.165, 1.54) is 17.2 Å². The van der Waals surface area contributed by atoms with E-state index in [1.807, 2.05) is 29.2 Å². The molecule has 2 fully saturated rings. The molecular formula is C32H32FN5O3. The third kappa shape index (κ3) is 4.68. The Kier molecular flexibility index (Phi) is 6.34. The van der Waals surface area contributed by atoms with Crippen LogP contribution in [0.4, 0.5) is 4.39 Å². The van der Waals surface area contributed by atoms with E-state index < -0.39 is 5.82 Å². The summed E-state index contributed by atoms with van der Waals surface area (Å²) in [4.78, 5) is 32.6. The number of aliphatic hydroxyl groups excluding tert-OH is 1. The van der Waals surface area contributed by atoms with E-state index in [0.717, 1.165) is 30.5 Å². The molecule has 2 aliphatic carbocycles. The predicted octanol–water partition coefficient (Wildman–Crippen LogP) is 4.38. The van der Waals surface area contributed by atoms with Gasteiger partial charge in [0.15, 0.2) is 5.65 Å². The maximum Gasteiger partial charge on any atom is 0.273 e. The Morgan fingerprint density at radius 2 is 1.95 bits per heavy atom. The maximum absolute atomic E-state index is 15.4. The fourth-order valence-electron chi connectivity index (χ4n) is 6.24. The van der Waals surface area contributed by atoms with Crippen LogP contribution in [0.25, 0.3) is 16.9 Å². The van der Waals surface area contributed by atoms with Gasteiger partial charge in [-0.25, -0.2) is 13.9 Å². The van der Waals surface area contributed by atoms with Gasteiger partial charge in [0.05, 0.1) is 18.3 Å². The van der Waals surface area contributed by atoms with Crippen molar-refractivity contribution in [1.29, 1.82) is 0 Å². The number of carbonyl (C=O) groups excluding carboxylic acids is 2. The van der Waals surface area contributed by atoms with E-state index in [-0.39, 0.29) is 42.8 Å². The molecule has 0 saturated heterocycles. The highest BCUT2D eigenvalue weighted by Gasteiger charge is 2.44. The summed E-state index contributed by atoms with van der Waals surface area (Å²) in [7, 11) is 0. The van der Waals surface area contributed by atoms with Gasteiger partial charge in [-0.3, -0.25) is 9.59 Å². The molecule has 210 valence electrons. The highest BCUT2D eigenvalue weighted by Crippen LogP contribution is 2.48. The molecule has 3 heterocycles. The number of halogens is 1. The van der Waals surface area contributed by atoms with E-state index in [9.17, 15) is 9.59 Å². The molecule has 4 aromatic rings. The monoisotopic (exact) mass is 553 g/mol.